The van der Waals surface area contributed by atoms with Crippen LogP contribution in [-0.4, -0.2) is 48.3 Å². The second-order valence-corrected chi connectivity index (χ2v) is 5.20. The minimum atomic E-state index is -2.81. The molecule has 0 aliphatic carbocycles. The maximum Gasteiger partial charge on any atom is 0.529 e. The van der Waals surface area contributed by atoms with E-state index in [2.05, 4.69) is 6.58 Å². The highest BCUT2D eigenvalue weighted by molar-refractivity contribution is 6.66. The van der Waals surface area contributed by atoms with Crippen molar-refractivity contribution < 1.29 is 13.3 Å². The molecule has 0 unspecified atom stereocenters. The Labute approximate surface area is 91.7 Å². The Kier molecular flexibility index (Phi) is 8.81. The Morgan fingerprint density at radius 3 is 1.40 bits per heavy atom. The second kappa shape index (κ2) is 8.98. The van der Waals surface area contributed by atoms with Gasteiger partial charge in [0.05, 0.1) is 19.8 Å². The van der Waals surface area contributed by atoms with Crippen molar-refractivity contribution >= 4 is 8.80 Å². The Morgan fingerprint density at radius 1 is 0.867 bits per heavy atom. The van der Waals surface area contributed by atoms with Crippen LogP contribution in [-0.2, 0) is 13.3 Å². The molecule has 90 valence electrons. The van der Waals surface area contributed by atoms with Crippen LogP contribution in [0.4, 0.5) is 0 Å². The quantitative estimate of drug-likeness (QED) is 0.401. The molecule has 0 amide bonds. The van der Waals surface area contributed by atoms with E-state index in [9.17, 15) is 0 Å². The lowest BCUT2D eigenvalue weighted by molar-refractivity contribution is 0.0785. The van der Waals surface area contributed by atoms with Gasteiger partial charge in [0.25, 0.3) is 0 Å². The summed E-state index contributed by atoms with van der Waals surface area (Å²) in [6, 6.07) is 0. The Bertz CT molecular complexity index is 149. The molecule has 0 radical (unpaired) electrons. The average molecular weight is 235 g/mol. The van der Waals surface area contributed by atoms with Crippen LogP contribution < -0.4 is 17.2 Å². The first-order valence-corrected chi connectivity index (χ1v) is 6.70. The average Bonchev–Trinajstić information content (AvgIpc) is 2.29. The highest BCUT2D eigenvalue weighted by Gasteiger charge is 2.37. The largest absolute Gasteiger partial charge is 0.529 e. The Hall–Kier alpha value is -0.283. The van der Waals surface area contributed by atoms with E-state index in [1.54, 1.807) is 5.70 Å². The monoisotopic (exact) mass is 235 g/mol. The predicted octanol–water partition coefficient (Wildman–Crippen LogP) is -1.42. The summed E-state index contributed by atoms with van der Waals surface area (Å²) in [6.45, 7) is 5.97. The molecule has 0 bridgehead atoms. The minimum Gasteiger partial charge on any atom is -0.369 e. The molecule has 0 saturated carbocycles. The third-order valence-electron chi connectivity index (χ3n) is 1.51. The maximum absolute atomic E-state index is 5.47. The van der Waals surface area contributed by atoms with Gasteiger partial charge in [0, 0.05) is 19.6 Å². The van der Waals surface area contributed by atoms with Crippen molar-refractivity contribution in [3.63, 3.8) is 0 Å². The summed E-state index contributed by atoms with van der Waals surface area (Å²) in [5.74, 6) is 0. The molecule has 0 aliphatic heterocycles. The molecule has 0 rings (SSSR count). The zero-order chi connectivity index (χ0) is 11.6. The van der Waals surface area contributed by atoms with Crippen LogP contribution in [0.3, 0.4) is 0 Å². The van der Waals surface area contributed by atoms with Crippen molar-refractivity contribution in [1.29, 1.82) is 0 Å². The fourth-order valence-corrected chi connectivity index (χ4v) is 2.72. The topological polar surface area (TPSA) is 106 Å². The van der Waals surface area contributed by atoms with Gasteiger partial charge in [-0.2, -0.15) is 0 Å². The van der Waals surface area contributed by atoms with Gasteiger partial charge in [-0.25, -0.2) is 0 Å². The molecule has 0 aromatic carbocycles. The van der Waals surface area contributed by atoms with Crippen molar-refractivity contribution in [3.8, 4) is 0 Å². The van der Waals surface area contributed by atoms with Gasteiger partial charge in [0.2, 0.25) is 0 Å². The van der Waals surface area contributed by atoms with Crippen LogP contribution >= 0.6 is 0 Å². The third-order valence-corrected chi connectivity index (χ3v) is 3.83. The van der Waals surface area contributed by atoms with Crippen LogP contribution in [0, 0.1) is 0 Å². The number of rotatable bonds is 10. The van der Waals surface area contributed by atoms with E-state index < -0.39 is 8.80 Å². The second-order valence-electron chi connectivity index (χ2n) is 2.72. The first kappa shape index (κ1) is 14.7. The molecule has 0 heterocycles. The lowest BCUT2D eigenvalue weighted by Gasteiger charge is -2.26. The molecular weight excluding hydrogens is 214 g/mol. The van der Waals surface area contributed by atoms with E-state index >= 15 is 0 Å². The highest BCUT2D eigenvalue weighted by Crippen LogP contribution is 2.10. The fraction of sp³-hybridized carbons (Fsp3) is 0.750. The summed E-state index contributed by atoms with van der Waals surface area (Å²) in [4.78, 5) is 0. The molecule has 0 saturated heterocycles. The molecule has 6 N–H and O–H groups in total. The molecule has 0 fully saturated rings. The standard InChI is InChI=1S/C8H21N3O3Si/c1-2-15(12-6-3-9,13-7-4-10)14-8-5-11/h2H,1,3-11H2. The van der Waals surface area contributed by atoms with Gasteiger partial charge < -0.3 is 30.5 Å². The number of hydrogen-bond acceptors (Lipinski definition) is 6. The molecule has 0 aromatic rings. The Balaban J connectivity index is 4.23. The van der Waals surface area contributed by atoms with E-state index in [4.69, 9.17) is 30.5 Å². The molecular formula is C8H21N3O3Si. The van der Waals surface area contributed by atoms with Crippen molar-refractivity contribution in [3.05, 3.63) is 12.3 Å². The van der Waals surface area contributed by atoms with Crippen LogP contribution in [0.15, 0.2) is 12.3 Å². The third kappa shape index (κ3) is 6.00. The van der Waals surface area contributed by atoms with Crippen LogP contribution in [0.25, 0.3) is 0 Å². The van der Waals surface area contributed by atoms with E-state index in [0.29, 0.717) is 39.5 Å². The molecule has 7 heteroatoms. The Morgan fingerprint density at radius 2 is 1.20 bits per heavy atom. The lowest BCUT2D eigenvalue weighted by atomic mass is 10.8. The van der Waals surface area contributed by atoms with Crippen molar-refractivity contribution in [1.82, 2.24) is 0 Å². The van der Waals surface area contributed by atoms with E-state index in [1.165, 1.54) is 0 Å². The summed E-state index contributed by atoms with van der Waals surface area (Å²) in [5, 5.41) is 0. The minimum absolute atomic E-state index is 0.368. The van der Waals surface area contributed by atoms with Gasteiger partial charge in [-0.3, -0.25) is 0 Å². The van der Waals surface area contributed by atoms with Gasteiger partial charge >= 0.3 is 8.80 Å². The van der Waals surface area contributed by atoms with E-state index in [-0.39, 0.29) is 0 Å². The molecule has 0 spiro atoms. The molecule has 0 aliphatic rings. The molecule has 15 heavy (non-hydrogen) atoms. The highest BCUT2D eigenvalue weighted by atomic mass is 28.4. The van der Waals surface area contributed by atoms with Crippen LogP contribution in [0.2, 0.25) is 0 Å². The summed E-state index contributed by atoms with van der Waals surface area (Å²) in [7, 11) is -2.81. The van der Waals surface area contributed by atoms with Crippen LogP contribution in [0.1, 0.15) is 0 Å². The van der Waals surface area contributed by atoms with E-state index in [1.807, 2.05) is 0 Å². The van der Waals surface area contributed by atoms with Gasteiger partial charge in [0.1, 0.15) is 0 Å². The summed E-state index contributed by atoms with van der Waals surface area (Å²) in [5.41, 5.74) is 17.6. The van der Waals surface area contributed by atoms with Crippen molar-refractivity contribution in [2.45, 2.75) is 0 Å². The van der Waals surface area contributed by atoms with Crippen molar-refractivity contribution in [2.75, 3.05) is 39.5 Å². The predicted molar refractivity (Wildman–Crippen MR) is 61.0 cm³/mol. The van der Waals surface area contributed by atoms with Crippen LogP contribution in [0.5, 0.6) is 0 Å². The SMILES string of the molecule is C=C[Si](OCCN)(OCCN)OCCN. The van der Waals surface area contributed by atoms with Gasteiger partial charge in [0.15, 0.2) is 0 Å². The van der Waals surface area contributed by atoms with Gasteiger partial charge in [-0.15, -0.1) is 0 Å². The lowest BCUT2D eigenvalue weighted by Crippen LogP contribution is -2.47. The summed E-state index contributed by atoms with van der Waals surface area (Å²) in [6.07, 6.45) is 0. The first-order chi connectivity index (χ1) is 7.24. The number of nitrogens with two attached hydrogens (primary N) is 3. The fourth-order valence-electron chi connectivity index (χ4n) is 0.905. The zero-order valence-corrected chi connectivity index (χ0v) is 9.98. The van der Waals surface area contributed by atoms with Gasteiger partial charge in [-0.05, 0) is 5.70 Å². The first-order valence-electron chi connectivity index (χ1n) is 4.90. The smallest absolute Gasteiger partial charge is 0.369 e. The zero-order valence-electron chi connectivity index (χ0n) is 8.98. The molecule has 0 atom stereocenters. The summed E-state index contributed by atoms with van der Waals surface area (Å²) < 4.78 is 16.4. The molecule has 6 nitrogen and oxygen atoms in total. The van der Waals surface area contributed by atoms with Gasteiger partial charge in [-0.1, -0.05) is 6.58 Å². The number of hydrogen-bond donors (Lipinski definition) is 3. The maximum atomic E-state index is 5.47. The summed E-state index contributed by atoms with van der Waals surface area (Å²) >= 11 is 0. The van der Waals surface area contributed by atoms with E-state index in [0.717, 1.165) is 0 Å². The normalized spacial score (nSPS) is 11.7. The van der Waals surface area contributed by atoms with Crippen molar-refractivity contribution in [2.24, 2.45) is 17.2 Å². The molecule has 0 aromatic heterocycles.